The van der Waals surface area contributed by atoms with E-state index in [1.807, 2.05) is 13.8 Å². The predicted molar refractivity (Wildman–Crippen MR) is 102 cm³/mol. The van der Waals surface area contributed by atoms with E-state index in [9.17, 15) is 14.4 Å². The van der Waals surface area contributed by atoms with Crippen LogP contribution in [0.15, 0.2) is 0 Å². The van der Waals surface area contributed by atoms with Crippen LogP contribution < -0.4 is 5.32 Å². The summed E-state index contributed by atoms with van der Waals surface area (Å²) in [6, 6.07) is -0.305. The monoisotopic (exact) mass is 390 g/mol. The highest BCUT2D eigenvalue weighted by molar-refractivity contribution is 7.13. The van der Waals surface area contributed by atoms with Gasteiger partial charge in [-0.15, -0.1) is 11.3 Å². The van der Waals surface area contributed by atoms with Crippen LogP contribution in [-0.4, -0.2) is 57.8 Å². The number of likely N-dealkylation sites (tertiary alicyclic amines) is 1. The maximum atomic E-state index is 12.9. The van der Waals surface area contributed by atoms with Gasteiger partial charge in [0.1, 0.15) is 5.54 Å². The van der Waals surface area contributed by atoms with Crippen molar-refractivity contribution in [2.24, 2.45) is 5.92 Å². The van der Waals surface area contributed by atoms with Gasteiger partial charge in [0.15, 0.2) is 5.01 Å². The van der Waals surface area contributed by atoms with Crippen LogP contribution in [0, 0.1) is 5.92 Å². The minimum absolute atomic E-state index is 0.0376. The third-order valence-electron chi connectivity index (χ3n) is 5.86. The average Bonchev–Trinajstić information content (AvgIpc) is 3.17. The van der Waals surface area contributed by atoms with E-state index >= 15 is 0 Å². The van der Waals surface area contributed by atoms with Crippen LogP contribution in [0.25, 0.3) is 0 Å². The van der Waals surface area contributed by atoms with E-state index in [0.717, 1.165) is 25.0 Å². The third kappa shape index (κ3) is 3.13. The summed E-state index contributed by atoms with van der Waals surface area (Å²) < 4.78 is 0. The molecule has 2 fully saturated rings. The molecule has 0 aromatic carbocycles. The van der Waals surface area contributed by atoms with Crippen LogP contribution in [0.4, 0.5) is 4.79 Å². The molecule has 4 amide bonds. The van der Waals surface area contributed by atoms with Gasteiger partial charge in [-0.3, -0.25) is 14.9 Å². The van der Waals surface area contributed by atoms with Crippen molar-refractivity contribution in [2.45, 2.75) is 57.9 Å². The lowest BCUT2D eigenvalue weighted by molar-refractivity contribution is -0.129. The molecule has 1 aliphatic carbocycles. The first-order valence-corrected chi connectivity index (χ1v) is 10.6. The molecule has 1 aromatic heterocycles. The lowest BCUT2D eigenvalue weighted by Gasteiger charge is -2.42. The van der Waals surface area contributed by atoms with Crippen molar-refractivity contribution in [1.82, 2.24) is 20.1 Å². The summed E-state index contributed by atoms with van der Waals surface area (Å²) in [6.07, 6.45) is 5.27. The summed E-state index contributed by atoms with van der Waals surface area (Å²) in [7, 11) is 0. The molecule has 7 nitrogen and oxygen atoms in total. The molecule has 0 radical (unpaired) electrons. The molecule has 0 unspecified atom stereocenters. The molecule has 27 heavy (non-hydrogen) atoms. The zero-order valence-corrected chi connectivity index (χ0v) is 16.7. The number of amides is 4. The minimum Gasteiger partial charge on any atom is -0.336 e. The van der Waals surface area contributed by atoms with Gasteiger partial charge in [-0.2, -0.15) is 0 Å². The van der Waals surface area contributed by atoms with Gasteiger partial charge in [0.25, 0.3) is 11.8 Å². The quantitative estimate of drug-likeness (QED) is 0.802. The molecule has 1 aromatic rings. The van der Waals surface area contributed by atoms with Crippen LogP contribution in [0.1, 0.15) is 59.9 Å². The number of fused-ring (bicyclic) bond motifs is 1. The van der Waals surface area contributed by atoms with Crippen molar-refractivity contribution in [3.8, 4) is 0 Å². The van der Waals surface area contributed by atoms with Crippen molar-refractivity contribution in [1.29, 1.82) is 0 Å². The van der Waals surface area contributed by atoms with Crippen molar-refractivity contribution >= 4 is 29.2 Å². The van der Waals surface area contributed by atoms with Crippen molar-refractivity contribution in [3.05, 3.63) is 15.6 Å². The number of nitrogens with one attached hydrogen (secondary N) is 1. The Labute approximate surface area is 163 Å². The van der Waals surface area contributed by atoms with Gasteiger partial charge in [-0.25, -0.2) is 9.78 Å². The van der Waals surface area contributed by atoms with Crippen LogP contribution in [0.2, 0.25) is 0 Å². The highest BCUT2D eigenvalue weighted by Crippen LogP contribution is 2.35. The smallest absolute Gasteiger partial charge is 0.325 e. The number of thiazole rings is 1. The number of hydrogen-bond donors (Lipinski definition) is 1. The number of urea groups is 1. The molecular formula is C19H26N4O3S. The second kappa shape index (κ2) is 6.89. The van der Waals surface area contributed by atoms with Crippen LogP contribution >= 0.6 is 11.3 Å². The highest BCUT2D eigenvalue weighted by atomic mass is 32.1. The van der Waals surface area contributed by atoms with Crippen molar-refractivity contribution < 1.29 is 14.4 Å². The van der Waals surface area contributed by atoms with Crippen LogP contribution in [0.5, 0.6) is 0 Å². The Balaban J connectivity index is 1.48. The normalized spacial score (nSPS) is 21.7. The molecule has 2 saturated heterocycles. The summed E-state index contributed by atoms with van der Waals surface area (Å²) in [6.45, 7) is 5.56. The largest absolute Gasteiger partial charge is 0.336 e. The average molecular weight is 391 g/mol. The number of aromatic nitrogens is 1. The maximum Gasteiger partial charge on any atom is 0.325 e. The Morgan fingerprint density at radius 3 is 2.59 bits per heavy atom. The first kappa shape index (κ1) is 18.4. The van der Waals surface area contributed by atoms with Gasteiger partial charge in [-0.1, -0.05) is 13.8 Å². The zero-order chi connectivity index (χ0) is 19.2. The molecule has 8 heteroatoms. The molecule has 0 saturated carbocycles. The van der Waals surface area contributed by atoms with E-state index in [0.29, 0.717) is 37.5 Å². The highest BCUT2D eigenvalue weighted by Gasteiger charge is 2.54. The lowest BCUT2D eigenvalue weighted by atomic mass is 9.85. The molecule has 1 N–H and O–H groups in total. The molecule has 1 spiro atoms. The first-order chi connectivity index (χ1) is 12.9. The molecule has 3 aliphatic rings. The van der Waals surface area contributed by atoms with E-state index < -0.39 is 5.54 Å². The molecule has 0 atom stereocenters. The number of nitrogens with zero attached hydrogens (tertiary/aromatic N) is 3. The van der Waals surface area contributed by atoms with E-state index in [1.165, 1.54) is 22.6 Å². The Morgan fingerprint density at radius 2 is 1.93 bits per heavy atom. The SMILES string of the molecule is CC(C)CN1C(=O)NC(=O)C12CCN(C(=O)c1nc3c(s1)CCCC3)CC2. The number of hydrogen-bond acceptors (Lipinski definition) is 5. The first-order valence-electron chi connectivity index (χ1n) is 9.81. The molecule has 2 aliphatic heterocycles. The number of carbonyl (C=O) groups is 3. The van der Waals surface area contributed by atoms with E-state index in [4.69, 9.17) is 0 Å². The molecule has 4 rings (SSSR count). The molecular weight excluding hydrogens is 364 g/mol. The fourth-order valence-corrected chi connectivity index (χ4v) is 5.49. The van der Waals surface area contributed by atoms with Gasteiger partial charge in [-0.05, 0) is 44.4 Å². The number of piperidine rings is 1. The molecule has 3 heterocycles. The zero-order valence-electron chi connectivity index (χ0n) is 15.9. The fourth-order valence-electron chi connectivity index (χ4n) is 4.38. The van der Waals surface area contributed by atoms with Crippen molar-refractivity contribution in [2.75, 3.05) is 19.6 Å². The Kier molecular flexibility index (Phi) is 4.70. The number of aryl methyl sites for hydroxylation is 2. The summed E-state index contributed by atoms with van der Waals surface area (Å²) in [5, 5.41) is 3.05. The number of carbonyl (C=O) groups excluding carboxylic acids is 3. The summed E-state index contributed by atoms with van der Waals surface area (Å²) in [4.78, 5) is 47.0. The standard InChI is InChI=1S/C19H26N4O3S/c1-12(2)11-23-18(26)21-17(25)19(23)7-9-22(10-8-19)16(24)15-20-13-5-3-4-6-14(13)27-15/h12H,3-11H2,1-2H3,(H,21,25,26). The molecule has 0 bridgehead atoms. The predicted octanol–water partition coefficient (Wildman–Crippen LogP) is 2.20. The van der Waals surface area contributed by atoms with E-state index in [1.54, 1.807) is 9.80 Å². The number of imide groups is 1. The van der Waals surface area contributed by atoms with Gasteiger partial charge in [0.05, 0.1) is 5.69 Å². The Morgan fingerprint density at radius 1 is 1.22 bits per heavy atom. The maximum absolute atomic E-state index is 12.9. The van der Waals surface area contributed by atoms with Crippen LogP contribution in [0.3, 0.4) is 0 Å². The van der Waals surface area contributed by atoms with Gasteiger partial charge < -0.3 is 9.80 Å². The summed E-state index contributed by atoms with van der Waals surface area (Å²) in [5.74, 6) is 0.0224. The van der Waals surface area contributed by atoms with Gasteiger partial charge in [0, 0.05) is 24.5 Å². The second-order valence-electron chi connectivity index (χ2n) is 8.18. The fraction of sp³-hybridized carbons (Fsp3) is 0.684. The van der Waals surface area contributed by atoms with E-state index in [2.05, 4.69) is 10.3 Å². The topological polar surface area (TPSA) is 82.6 Å². The summed E-state index contributed by atoms with van der Waals surface area (Å²) >= 11 is 1.52. The Bertz CT molecular complexity index is 756. The third-order valence-corrected chi connectivity index (χ3v) is 7.00. The van der Waals surface area contributed by atoms with Gasteiger partial charge >= 0.3 is 6.03 Å². The van der Waals surface area contributed by atoms with Crippen molar-refractivity contribution in [3.63, 3.8) is 0 Å². The summed E-state index contributed by atoms with van der Waals surface area (Å²) in [5.41, 5.74) is 0.284. The number of rotatable bonds is 3. The Hall–Kier alpha value is -1.96. The molecule has 146 valence electrons. The van der Waals surface area contributed by atoms with Crippen LogP contribution in [-0.2, 0) is 17.6 Å². The minimum atomic E-state index is -0.805. The van der Waals surface area contributed by atoms with Gasteiger partial charge in [0.2, 0.25) is 0 Å². The van der Waals surface area contributed by atoms with E-state index in [-0.39, 0.29) is 23.8 Å². The lowest BCUT2D eigenvalue weighted by Crippen LogP contribution is -2.58. The second-order valence-corrected chi connectivity index (χ2v) is 9.27.